The van der Waals surface area contributed by atoms with E-state index in [1.807, 2.05) is 47.4 Å². The maximum Gasteiger partial charge on any atom is 0.226 e. The van der Waals surface area contributed by atoms with E-state index in [0.717, 1.165) is 18.9 Å². The Hall–Kier alpha value is -2.76. The molecule has 0 unspecified atom stereocenters. The molecule has 1 amide bonds. The molecule has 25 heavy (non-hydrogen) atoms. The normalized spacial score (nSPS) is 14.3. The number of hydrogen-bond donors (Lipinski definition) is 0. The Labute approximate surface area is 148 Å². The minimum Gasteiger partial charge on any atom is -0.493 e. The van der Waals surface area contributed by atoms with E-state index >= 15 is 0 Å². The summed E-state index contributed by atoms with van der Waals surface area (Å²) >= 11 is 0. The van der Waals surface area contributed by atoms with Crippen molar-refractivity contribution in [3.63, 3.8) is 0 Å². The van der Waals surface area contributed by atoms with Gasteiger partial charge in [0.15, 0.2) is 11.5 Å². The van der Waals surface area contributed by atoms with Gasteiger partial charge >= 0.3 is 0 Å². The number of pyridine rings is 1. The van der Waals surface area contributed by atoms with Crippen LogP contribution in [0.1, 0.15) is 6.42 Å². The summed E-state index contributed by atoms with van der Waals surface area (Å²) in [6.45, 7) is 3.38. The van der Waals surface area contributed by atoms with E-state index in [1.54, 1.807) is 13.3 Å². The van der Waals surface area contributed by atoms with Gasteiger partial charge in [-0.15, -0.1) is 0 Å². The molecule has 0 N–H and O–H groups in total. The van der Waals surface area contributed by atoms with Crippen molar-refractivity contribution in [2.45, 2.75) is 6.42 Å². The van der Waals surface area contributed by atoms with Gasteiger partial charge in [-0.3, -0.25) is 4.79 Å². The number of piperazine rings is 1. The summed E-state index contributed by atoms with van der Waals surface area (Å²) in [4.78, 5) is 20.8. The highest BCUT2D eigenvalue weighted by atomic mass is 16.5. The van der Waals surface area contributed by atoms with Crippen molar-refractivity contribution in [1.29, 1.82) is 0 Å². The van der Waals surface area contributed by atoms with Gasteiger partial charge < -0.3 is 19.3 Å². The molecule has 2 aromatic rings. The minimum atomic E-state index is 0.121. The summed E-state index contributed by atoms with van der Waals surface area (Å²) < 4.78 is 10.9. The Bertz CT molecular complexity index is 685. The van der Waals surface area contributed by atoms with Crippen LogP contribution in [-0.2, 0) is 4.79 Å². The Balaban J connectivity index is 1.44. The van der Waals surface area contributed by atoms with Crippen LogP contribution < -0.4 is 14.4 Å². The lowest BCUT2D eigenvalue weighted by Gasteiger charge is -2.35. The molecule has 3 rings (SSSR count). The number of amides is 1. The summed E-state index contributed by atoms with van der Waals surface area (Å²) in [6.07, 6.45) is 2.16. The van der Waals surface area contributed by atoms with Gasteiger partial charge in [-0.25, -0.2) is 4.98 Å². The third kappa shape index (κ3) is 4.41. The molecule has 132 valence electrons. The Morgan fingerprint density at radius 1 is 1.04 bits per heavy atom. The van der Waals surface area contributed by atoms with Gasteiger partial charge in [0.05, 0.1) is 20.1 Å². The maximum absolute atomic E-state index is 12.4. The molecule has 1 saturated heterocycles. The second kappa shape index (κ2) is 8.37. The first kappa shape index (κ1) is 17.1. The van der Waals surface area contributed by atoms with E-state index in [4.69, 9.17) is 9.47 Å². The molecule has 0 radical (unpaired) electrons. The third-order valence-electron chi connectivity index (χ3n) is 4.25. The largest absolute Gasteiger partial charge is 0.493 e. The lowest BCUT2D eigenvalue weighted by molar-refractivity contribution is -0.132. The Morgan fingerprint density at radius 2 is 1.76 bits per heavy atom. The quantitative estimate of drug-likeness (QED) is 0.806. The standard InChI is InChI=1S/C19H23N3O3/c1-24-16-6-2-3-7-17(16)25-15-9-19(23)22-13-11-21(12-14-22)18-8-4-5-10-20-18/h2-8,10H,9,11-15H2,1H3. The number of methoxy groups -OCH3 is 1. The lowest BCUT2D eigenvalue weighted by Crippen LogP contribution is -2.49. The van der Waals surface area contributed by atoms with E-state index in [-0.39, 0.29) is 5.91 Å². The number of ether oxygens (including phenoxy) is 2. The monoisotopic (exact) mass is 341 g/mol. The fraction of sp³-hybridized carbons (Fsp3) is 0.368. The van der Waals surface area contributed by atoms with Crippen LogP contribution in [-0.4, -0.2) is 55.7 Å². The first-order valence-electron chi connectivity index (χ1n) is 8.47. The summed E-state index contributed by atoms with van der Waals surface area (Å²) in [7, 11) is 1.61. The number of benzene rings is 1. The van der Waals surface area contributed by atoms with Gasteiger partial charge in [-0.05, 0) is 24.3 Å². The predicted molar refractivity (Wildman–Crippen MR) is 96.1 cm³/mol. The van der Waals surface area contributed by atoms with Crippen molar-refractivity contribution in [3.8, 4) is 11.5 Å². The predicted octanol–water partition coefficient (Wildman–Crippen LogP) is 2.21. The van der Waals surface area contributed by atoms with Crippen LogP contribution in [0.25, 0.3) is 0 Å². The molecular weight excluding hydrogens is 318 g/mol. The number of anilines is 1. The molecule has 6 heteroatoms. The van der Waals surface area contributed by atoms with Gasteiger partial charge in [0.2, 0.25) is 5.91 Å². The van der Waals surface area contributed by atoms with Crippen LogP contribution in [0.2, 0.25) is 0 Å². The molecule has 0 saturated carbocycles. The number of nitrogens with zero attached hydrogens (tertiary/aromatic N) is 3. The van der Waals surface area contributed by atoms with Gasteiger partial charge in [0.25, 0.3) is 0 Å². The molecule has 1 aliphatic heterocycles. The number of carbonyl (C=O) groups excluding carboxylic acids is 1. The average molecular weight is 341 g/mol. The number of rotatable bonds is 6. The van der Waals surface area contributed by atoms with Crippen LogP contribution in [0.3, 0.4) is 0 Å². The van der Waals surface area contributed by atoms with Gasteiger partial charge in [-0.1, -0.05) is 18.2 Å². The van der Waals surface area contributed by atoms with Crippen LogP contribution in [0, 0.1) is 0 Å². The number of para-hydroxylation sites is 2. The molecule has 6 nitrogen and oxygen atoms in total. The van der Waals surface area contributed by atoms with E-state index in [0.29, 0.717) is 37.6 Å². The zero-order valence-corrected chi connectivity index (χ0v) is 14.4. The average Bonchev–Trinajstić information content (AvgIpc) is 2.69. The van der Waals surface area contributed by atoms with Crippen molar-refractivity contribution < 1.29 is 14.3 Å². The first-order valence-corrected chi connectivity index (χ1v) is 8.47. The van der Waals surface area contributed by atoms with E-state index in [2.05, 4.69) is 9.88 Å². The number of carbonyl (C=O) groups is 1. The topological polar surface area (TPSA) is 54.9 Å². The molecule has 0 spiro atoms. The molecule has 1 aromatic carbocycles. The molecule has 0 bridgehead atoms. The molecule has 1 aromatic heterocycles. The first-order chi connectivity index (χ1) is 12.3. The molecule has 2 heterocycles. The Morgan fingerprint density at radius 3 is 2.44 bits per heavy atom. The maximum atomic E-state index is 12.4. The van der Waals surface area contributed by atoms with Gasteiger partial charge in [0.1, 0.15) is 5.82 Å². The highest BCUT2D eigenvalue weighted by Crippen LogP contribution is 2.25. The van der Waals surface area contributed by atoms with E-state index < -0.39 is 0 Å². The van der Waals surface area contributed by atoms with E-state index in [1.165, 1.54) is 0 Å². The fourth-order valence-corrected chi connectivity index (χ4v) is 2.87. The van der Waals surface area contributed by atoms with Gasteiger partial charge in [-0.2, -0.15) is 0 Å². The van der Waals surface area contributed by atoms with E-state index in [9.17, 15) is 4.79 Å². The summed E-state index contributed by atoms with van der Waals surface area (Å²) in [5, 5.41) is 0. The van der Waals surface area contributed by atoms with Crippen molar-refractivity contribution in [2.24, 2.45) is 0 Å². The van der Waals surface area contributed by atoms with Crippen molar-refractivity contribution in [2.75, 3.05) is 44.8 Å². The fourth-order valence-electron chi connectivity index (χ4n) is 2.87. The van der Waals surface area contributed by atoms with Crippen LogP contribution in [0.4, 0.5) is 5.82 Å². The SMILES string of the molecule is COc1ccccc1OCCC(=O)N1CCN(c2ccccn2)CC1. The highest BCUT2D eigenvalue weighted by molar-refractivity contribution is 5.76. The summed E-state index contributed by atoms with van der Waals surface area (Å²) in [6, 6.07) is 13.3. The van der Waals surface area contributed by atoms with Crippen molar-refractivity contribution in [1.82, 2.24) is 9.88 Å². The molecule has 0 atom stereocenters. The summed E-state index contributed by atoms with van der Waals surface area (Å²) in [5.74, 6) is 2.43. The van der Waals surface area contributed by atoms with Crippen LogP contribution in [0.15, 0.2) is 48.7 Å². The second-order valence-corrected chi connectivity index (χ2v) is 5.81. The minimum absolute atomic E-state index is 0.121. The third-order valence-corrected chi connectivity index (χ3v) is 4.25. The number of hydrogen-bond acceptors (Lipinski definition) is 5. The number of aromatic nitrogens is 1. The highest BCUT2D eigenvalue weighted by Gasteiger charge is 2.21. The molecule has 0 aliphatic carbocycles. The zero-order chi connectivity index (χ0) is 17.5. The Kier molecular flexibility index (Phi) is 5.72. The second-order valence-electron chi connectivity index (χ2n) is 5.81. The summed E-state index contributed by atoms with van der Waals surface area (Å²) in [5.41, 5.74) is 0. The van der Waals surface area contributed by atoms with Crippen molar-refractivity contribution in [3.05, 3.63) is 48.7 Å². The lowest BCUT2D eigenvalue weighted by atomic mass is 10.2. The smallest absolute Gasteiger partial charge is 0.226 e. The van der Waals surface area contributed by atoms with Crippen molar-refractivity contribution >= 4 is 11.7 Å². The molecular formula is C19H23N3O3. The van der Waals surface area contributed by atoms with Crippen LogP contribution in [0.5, 0.6) is 11.5 Å². The molecule has 1 aliphatic rings. The molecule has 1 fully saturated rings. The van der Waals surface area contributed by atoms with Gasteiger partial charge in [0, 0.05) is 32.4 Å². The van der Waals surface area contributed by atoms with Crippen LogP contribution >= 0.6 is 0 Å². The zero-order valence-electron chi connectivity index (χ0n) is 14.4.